The molecule has 3 rings (SSSR count). The summed E-state index contributed by atoms with van der Waals surface area (Å²) in [5.74, 6) is 0.999. The lowest BCUT2D eigenvalue weighted by Gasteiger charge is -2.28. The summed E-state index contributed by atoms with van der Waals surface area (Å²) in [6.45, 7) is 1.77. The second-order valence-corrected chi connectivity index (χ2v) is 5.09. The van der Waals surface area contributed by atoms with Crippen LogP contribution in [-0.2, 0) is 9.53 Å². The van der Waals surface area contributed by atoms with E-state index in [2.05, 4.69) is 20.8 Å². The molecule has 126 valence electrons. The van der Waals surface area contributed by atoms with Crippen molar-refractivity contribution >= 4 is 11.9 Å². The zero-order valence-corrected chi connectivity index (χ0v) is 13.7. The third-order valence-electron chi connectivity index (χ3n) is 3.85. The highest BCUT2D eigenvalue weighted by molar-refractivity contribution is 5.92. The Morgan fingerprint density at radius 1 is 1.25 bits per heavy atom. The molecule has 0 fully saturated rings. The van der Waals surface area contributed by atoms with Gasteiger partial charge in [0, 0.05) is 11.3 Å². The quantitative estimate of drug-likeness (QED) is 0.833. The molecule has 1 unspecified atom stereocenters. The van der Waals surface area contributed by atoms with Crippen molar-refractivity contribution in [3.05, 3.63) is 35.0 Å². The van der Waals surface area contributed by atoms with Crippen LogP contribution in [-0.4, -0.2) is 47.5 Å². The number of hydrogen-bond acceptors (Lipinski definition) is 8. The van der Waals surface area contributed by atoms with Crippen LogP contribution >= 0.6 is 0 Å². The van der Waals surface area contributed by atoms with Crippen LogP contribution in [0.3, 0.4) is 0 Å². The third-order valence-corrected chi connectivity index (χ3v) is 3.85. The Bertz CT molecular complexity index is 814. The van der Waals surface area contributed by atoms with E-state index in [1.54, 1.807) is 20.1 Å². The Hall–Kier alpha value is -3.10. The Balaban J connectivity index is 2.26. The summed E-state index contributed by atoms with van der Waals surface area (Å²) >= 11 is 0. The van der Waals surface area contributed by atoms with Crippen molar-refractivity contribution in [2.75, 3.05) is 26.6 Å². The van der Waals surface area contributed by atoms with Gasteiger partial charge in [-0.15, -0.1) is 0 Å². The monoisotopic (exact) mass is 331 g/mol. The van der Waals surface area contributed by atoms with Crippen LogP contribution in [0.15, 0.2) is 29.5 Å². The number of rotatable bonds is 4. The van der Waals surface area contributed by atoms with E-state index < -0.39 is 12.0 Å². The first-order valence-electron chi connectivity index (χ1n) is 7.17. The van der Waals surface area contributed by atoms with E-state index >= 15 is 0 Å². The van der Waals surface area contributed by atoms with Crippen molar-refractivity contribution < 1.29 is 19.0 Å². The molecule has 24 heavy (non-hydrogen) atoms. The van der Waals surface area contributed by atoms with E-state index in [1.165, 1.54) is 18.9 Å². The number of allylic oxidation sites excluding steroid dienone is 1. The first kappa shape index (κ1) is 15.8. The lowest BCUT2D eigenvalue weighted by Crippen LogP contribution is -2.29. The second kappa shape index (κ2) is 6.19. The molecule has 0 spiro atoms. The lowest BCUT2D eigenvalue weighted by molar-refractivity contribution is -0.136. The van der Waals surface area contributed by atoms with Gasteiger partial charge in [0.1, 0.15) is 6.04 Å². The summed E-state index contributed by atoms with van der Waals surface area (Å²) in [6.07, 6.45) is 0. The van der Waals surface area contributed by atoms with E-state index in [0.717, 1.165) is 0 Å². The summed E-state index contributed by atoms with van der Waals surface area (Å²) in [5.41, 5.74) is 1.69. The summed E-state index contributed by atoms with van der Waals surface area (Å²) in [6, 6.07) is 4.82. The Morgan fingerprint density at radius 2 is 2.04 bits per heavy atom. The van der Waals surface area contributed by atoms with Gasteiger partial charge in [0.05, 0.1) is 26.9 Å². The maximum atomic E-state index is 12.4. The number of para-hydroxylation sites is 1. The van der Waals surface area contributed by atoms with Crippen LogP contribution in [0.2, 0.25) is 0 Å². The summed E-state index contributed by atoms with van der Waals surface area (Å²) < 4.78 is 17.3. The molecule has 0 saturated carbocycles. The predicted octanol–water partition coefficient (Wildman–Crippen LogP) is 1.15. The molecule has 1 N–H and O–H groups in total. The van der Waals surface area contributed by atoms with E-state index in [-0.39, 0.29) is 0 Å². The van der Waals surface area contributed by atoms with Gasteiger partial charge in [-0.25, -0.2) is 4.79 Å². The number of esters is 1. The van der Waals surface area contributed by atoms with Crippen molar-refractivity contribution in [2.24, 2.45) is 0 Å². The van der Waals surface area contributed by atoms with Gasteiger partial charge in [-0.3, -0.25) is 0 Å². The fourth-order valence-corrected chi connectivity index (χ4v) is 2.80. The van der Waals surface area contributed by atoms with Gasteiger partial charge in [0.2, 0.25) is 5.95 Å². The number of anilines is 1. The molecule has 1 aliphatic heterocycles. The highest BCUT2D eigenvalue weighted by Crippen LogP contribution is 2.42. The average Bonchev–Trinajstić information content (AvgIpc) is 3.06. The summed E-state index contributed by atoms with van der Waals surface area (Å²) in [7, 11) is 4.42. The number of methoxy groups -OCH3 is 3. The van der Waals surface area contributed by atoms with Crippen molar-refractivity contribution in [1.29, 1.82) is 0 Å². The van der Waals surface area contributed by atoms with Crippen molar-refractivity contribution in [1.82, 2.24) is 20.2 Å². The molecule has 2 aromatic rings. The number of ether oxygens (including phenoxy) is 3. The van der Waals surface area contributed by atoms with E-state index in [4.69, 9.17) is 14.2 Å². The molecule has 0 aliphatic carbocycles. The molecule has 1 aliphatic rings. The standard InChI is InChI=1S/C15H17N5O4/c1-8-11(14(21)24-4)12(20-15(16-8)17-18-19-20)9-6-5-7-10(22-2)13(9)23-3/h5-7,12H,1-4H3,(H,16,17,19). The first-order valence-corrected chi connectivity index (χ1v) is 7.17. The maximum absolute atomic E-state index is 12.4. The molecule has 9 nitrogen and oxygen atoms in total. The number of tetrazole rings is 1. The fourth-order valence-electron chi connectivity index (χ4n) is 2.80. The Kier molecular flexibility index (Phi) is 4.07. The number of fused-ring (bicyclic) bond motifs is 1. The predicted molar refractivity (Wildman–Crippen MR) is 83.8 cm³/mol. The second-order valence-electron chi connectivity index (χ2n) is 5.09. The zero-order valence-electron chi connectivity index (χ0n) is 13.7. The van der Waals surface area contributed by atoms with Gasteiger partial charge in [-0.2, -0.15) is 4.68 Å². The number of aromatic nitrogens is 4. The minimum atomic E-state index is -0.603. The first-order chi connectivity index (χ1) is 11.6. The van der Waals surface area contributed by atoms with Crippen LogP contribution in [0.25, 0.3) is 0 Å². The minimum absolute atomic E-state index is 0.392. The molecule has 0 amide bonds. The van der Waals surface area contributed by atoms with Crippen molar-refractivity contribution in [3.8, 4) is 11.5 Å². The van der Waals surface area contributed by atoms with Gasteiger partial charge >= 0.3 is 5.97 Å². The number of hydrogen-bond donors (Lipinski definition) is 1. The van der Waals surface area contributed by atoms with Crippen LogP contribution in [0.5, 0.6) is 11.5 Å². The molecule has 9 heteroatoms. The highest BCUT2D eigenvalue weighted by atomic mass is 16.5. The van der Waals surface area contributed by atoms with Crippen molar-refractivity contribution in [2.45, 2.75) is 13.0 Å². The summed E-state index contributed by atoms with van der Waals surface area (Å²) in [5, 5.41) is 14.6. The van der Waals surface area contributed by atoms with Gasteiger partial charge in [-0.05, 0) is 23.4 Å². The number of carbonyl (C=O) groups excluding carboxylic acids is 1. The lowest BCUT2D eigenvalue weighted by atomic mass is 9.94. The average molecular weight is 331 g/mol. The molecule has 1 aromatic heterocycles. The molecular formula is C15H17N5O4. The molecule has 0 radical (unpaired) electrons. The van der Waals surface area contributed by atoms with Gasteiger partial charge < -0.3 is 19.5 Å². The third kappa shape index (κ3) is 2.34. The Labute approximate surface area is 138 Å². The molecule has 1 aromatic carbocycles. The van der Waals surface area contributed by atoms with Crippen LogP contribution in [0.4, 0.5) is 5.95 Å². The van der Waals surface area contributed by atoms with E-state index in [9.17, 15) is 4.79 Å². The number of nitrogens with zero attached hydrogens (tertiary/aromatic N) is 4. The molecule has 1 atom stereocenters. The van der Waals surface area contributed by atoms with E-state index in [0.29, 0.717) is 34.3 Å². The minimum Gasteiger partial charge on any atom is -0.493 e. The van der Waals surface area contributed by atoms with E-state index in [1.807, 2.05) is 12.1 Å². The zero-order chi connectivity index (χ0) is 17.3. The topological polar surface area (TPSA) is 100 Å². The number of nitrogens with one attached hydrogen (secondary N) is 1. The number of carbonyl (C=O) groups is 1. The SMILES string of the molecule is COC(=O)C1=C(C)Nc2nnnn2C1c1cccc(OC)c1OC. The molecular weight excluding hydrogens is 314 g/mol. The van der Waals surface area contributed by atoms with Gasteiger partial charge in [0.25, 0.3) is 0 Å². The fraction of sp³-hybridized carbons (Fsp3) is 0.333. The van der Waals surface area contributed by atoms with Crippen LogP contribution < -0.4 is 14.8 Å². The normalized spacial score (nSPS) is 16.2. The number of benzene rings is 1. The maximum Gasteiger partial charge on any atom is 0.338 e. The van der Waals surface area contributed by atoms with Crippen LogP contribution in [0, 0.1) is 0 Å². The molecule has 0 saturated heterocycles. The smallest absolute Gasteiger partial charge is 0.338 e. The van der Waals surface area contributed by atoms with Crippen LogP contribution in [0.1, 0.15) is 18.5 Å². The summed E-state index contributed by atoms with van der Waals surface area (Å²) in [4.78, 5) is 12.4. The van der Waals surface area contributed by atoms with Gasteiger partial charge in [-0.1, -0.05) is 17.2 Å². The van der Waals surface area contributed by atoms with Crippen molar-refractivity contribution in [3.63, 3.8) is 0 Å². The largest absolute Gasteiger partial charge is 0.493 e. The molecule has 2 heterocycles. The molecule has 0 bridgehead atoms. The van der Waals surface area contributed by atoms with Gasteiger partial charge in [0.15, 0.2) is 11.5 Å². The Morgan fingerprint density at radius 3 is 2.71 bits per heavy atom. The highest BCUT2D eigenvalue weighted by Gasteiger charge is 2.36.